The van der Waals surface area contributed by atoms with E-state index < -0.39 is 0 Å². The minimum absolute atomic E-state index is 0.115. The van der Waals surface area contributed by atoms with Crippen molar-refractivity contribution < 1.29 is 4.39 Å². The maximum atomic E-state index is 14.4. The summed E-state index contributed by atoms with van der Waals surface area (Å²) in [4.78, 5) is 25.9. The highest BCUT2D eigenvalue weighted by Crippen LogP contribution is 2.61. The molecule has 4 aliphatic rings. The van der Waals surface area contributed by atoms with E-state index in [1.54, 1.807) is 17.0 Å². The van der Waals surface area contributed by atoms with Crippen molar-refractivity contribution >= 4 is 22.5 Å². The number of guanidine groups is 1. The average molecular weight is 601 g/mol. The summed E-state index contributed by atoms with van der Waals surface area (Å²) in [7, 11) is 0. The second-order valence-corrected chi connectivity index (χ2v) is 15.2. The standard InChI is InChI=1S/C36H49FN6O/c1-22-8-9-24(29(37)16-22)12-14-43-21-39-31-19-26(10-11-27(31)33(43)44)40-34(42-15-13-38-32(20-42)35(3,4)5)41-30-18-25-17-28(23(30)2)36(25,6)7/h8-11,16,19,21,23,25,28,30,32,38H,12-15,17-18,20H2,1-7H3,(H,40,41)/t23-,25-,28-,30+,32-/m1/s1. The molecule has 1 aromatic heterocycles. The molecule has 0 spiro atoms. The van der Waals surface area contributed by atoms with Crippen LogP contribution in [-0.4, -0.2) is 52.1 Å². The van der Waals surface area contributed by atoms with Crippen molar-refractivity contribution in [2.75, 3.05) is 25.0 Å². The van der Waals surface area contributed by atoms with Gasteiger partial charge in [-0.15, -0.1) is 0 Å². The number of rotatable bonds is 5. The van der Waals surface area contributed by atoms with Crippen LogP contribution < -0.4 is 16.2 Å². The fourth-order valence-corrected chi connectivity index (χ4v) is 7.79. The minimum Gasteiger partial charge on any atom is -0.340 e. The van der Waals surface area contributed by atoms with Crippen LogP contribution in [0.25, 0.3) is 10.9 Å². The van der Waals surface area contributed by atoms with Crippen molar-refractivity contribution in [1.29, 1.82) is 0 Å². The van der Waals surface area contributed by atoms with Crippen molar-refractivity contribution in [3.05, 3.63) is 70.0 Å². The quantitative estimate of drug-likeness (QED) is 0.268. The Balaban J connectivity index is 1.25. The number of hydrogen-bond acceptors (Lipinski definition) is 4. The lowest BCUT2D eigenvalue weighted by atomic mass is 9.45. The number of piperazine rings is 1. The molecule has 4 fully saturated rings. The number of anilines is 1. The molecule has 3 saturated carbocycles. The van der Waals surface area contributed by atoms with Gasteiger partial charge in [0.15, 0.2) is 5.96 Å². The van der Waals surface area contributed by atoms with Crippen LogP contribution in [0.3, 0.4) is 0 Å². The molecule has 1 saturated heterocycles. The molecular formula is C36H49FN6O. The third-order valence-electron chi connectivity index (χ3n) is 11.0. The van der Waals surface area contributed by atoms with Crippen molar-refractivity contribution in [2.45, 2.75) is 86.4 Å². The molecule has 7 nitrogen and oxygen atoms in total. The Bertz CT molecular complexity index is 1620. The normalized spacial score (nSPS) is 26.9. The van der Waals surface area contributed by atoms with E-state index in [0.717, 1.165) is 55.1 Å². The molecule has 3 aromatic rings. The summed E-state index contributed by atoms with van der Waals surface area (Å²) < 4.78 is 15.9. The molecule has 5 atom stereocenters. The Morgan fingerprint density at radius 1 is 1.18 bits per heavy atom. The molecule has 3 aliphatic carbocycles. The first-order valence-corrected chi connectivity index (χ1v) is 16.4. The fraction of sp³-hybridized carbons (Fsp3) is 0.583. The summed E-state index contributed by atoms with van der Waals surface area (Å²) >= 11 is 0. The smallest absolute Gasteiger partial charge is 0.261 e. The van der Waals surface area contributed by atoms with Crippen molar-refractivity contribution in [2.24, 2.45) is 33.6 Å². The van der Waals surface area contributed by atoms with Crippen LogP contribution in [0.4, 0.5) is 10.1 Å². The lowest BCUT2D eigenvalue weighted by Gasteiger charge is -2.61. The summed E-state index contributed by atoms with van der Waals surface area (Å²) in [5.74, 6) is 2.68. The van der Waals surface area contributed by atoms with E-state index in [0.29, 0.717) is 52.8 Å². The third kappa shape index (κ3) is 5.90. The molecule has 236 valence electrons. The van der Waals surface area contributed by atoms with E-state index in [2.05, 4.69) is 62.1 Å². The monoisotopic (exact) mass is 600 g/mol. The largest absolute Gasteiger partial charge is 0.340 e. The number of halogens is 1. The van der Waals surface area contributed by atoms with E-state index in [4.69, 9.17) is 4.99 Å². The maximum Gasteiger partial charge on any atom is 0.261 e. The highest BCUT2D eigenvalue weighted by Gasteiger charge is 2.56. The van der Waals surface area contributed by atoms with Gasteiger partial charge in [-0.2, -0.15) is 0 Å². The van der Waals surface area contributed by atoms with Gasteiger partial charge in [0.05, 0.1) is 23.3 Å². The third-order valence-corrected chi connectivity index (χ3v) is 11.0. The summed E-state index contributed by atoms with van der Waals surface area (Å²) in [6, 6.07) is 11.6. The van der Waals surface area contributed by atoms with Gasteiger partial charge in [-0.3, -0.25) is 9.36 Å². The first kappa shape index (κ1) is 30.8. The molecule has 2 N–H and O–H groups in total. The van der Waals surface area contributed by atoms with E-state index in [1.165, 1.54) is 12.5 Å². The highest BCUT2D eigenvalue weighted by atomic mass is 19.1. The SMILES string of the molecule is Cc1ccc(CCn2cnc3cc(NC(=N[C@H]4C[C@H]5C[C@H]([C@H]4C)C5(C)C)N4CCN[C@@H](C(C)(C)C)C4)ccc3c2=O)c(F)c1. The molecule has 2 aromatic carbocycles. The fourth-order valence-electron chi connectivity index (χ4n) is 7.79. The zero-order chi connectivity index (χ0) is 31.4. The summed E-state index contributed by atoms with van der Waals surface area (Å²) in [5, 5.41) is 7.95. The number of nitrogens with zero attached hydrogens (tertiary/aromatic N) is 4. The first-order chi connectivity index (χ1) is 20.8. The van der Waals surface area contributed by atoms with Gasteiger partial charge in [0.2, 0.25) is 0 Å². The lowest BCUT2D eigenvalue weighted by Crippen LogP contribution is -2.59. The van der Waals surface area contributed by atoms with Gasteiger partial charge in [0.25, 0.3) is 5.56 Å². The molecule has 2 heterocycles. The number of aliphatic imine (C=N–C) groups is 1. The van der Waals surface area contributed by atoms with Gasteiger partial charge in [-0.05, 0) is 90.2 Å². The van der Waals surface area contributed by atoms with Crippen molar-refractivity contribution in [3.8, 4) is 0 Å². The maximum absolute atomic E-state index is 14.4. The van der Waals surface area contributed by atoms with Crippen LogP contribution in [0.5, 0.6) is 0 Å². The second kappa shape index (κ2) is 11.6. The summed E-state index contributed by atoms with van der Waals surface area (Å²) in [5.41, 5.74) is 3.43. The van der Waals surface area contributed by atoms with Crippen LogP contribution in [0, 0.1) is 41.3 Å². The Morgan fingerprint density at radius 3 is 2.68 bits per heavy atom. The van der Waals surface area contributed by atoms with Crippen molar-refractivity contribution in [3.63, 3.8) is 0 Å². The Kier molecular flexibility index (Phi) is 8.10. The number of fused-ring (bicyclic) bond motifs is 3. The Hall–Kier alpha value is -3.26. The van der Waals surface area contributed by atoms with Gasteiger partial charge in [0, 0.05) is 37.9 Å². The topological polar surface area (TPSA) is 74.6 Å². The Morgan fingerprint density at radius 2 is 1.98 bits per heavy atom. The highest BCUT2D eigenvalue weighted by molar-refractivity contribution is 5.96. The molecule has 8 heteroatoms. The minimum atomic E-state index is -0.235. The lowest BCUT2D eigenvalue weighted by molar-refractivity contribution is -0.108. The molecule has 7 rings (SSSR count). The van der Waals surface area contributed by atoms with E-state index in [9.17, 15) is 9.18 Å². The van der Waals surface area contributed by atoms with Crippen LogP contribution in [0.15, 0.2) is 52.5 Å². The molecule has 2 bridgehead atoms. The molecular weight excluding hydrogens is 551 g/mol. The van der Waals surface area contributed by atoms with Crippen LogP contribution in [0.2, 0.25) is 0 Å². The number of aryl methyl sites for hydroxylation is 3. The summed E-state index contributed by atoms with van der Waals surface area (Å²) in [6.45, 7) is 19.0. The number of nitrogens with one attached hydrogen (secondary N) is 2. The molecule has 0 amide bonds. The van der Waals surface area contributed by atoms with Gasteiger partial charge in [0.1, 0.15) is 5.82 Å². The van der Waals surface area contributed by atoms with E-state index in [1.807, 2.05) is 31.2 Å². The van der Waals surface area contributed by atoms with Gasteiger partial charge in [-0.25, -0.2) is 14.4 Å². The van der Waals surface area contributed by atoms with Crippen molar-refractivity contribution in [1.82, 2.24) is 19.8 Å². The predicted octanol–water partition coefficient (Wildman–Crippen LogP) is 6.25. The summed E-state index contributed by atoms with van der Waals surface area (Å²) in [6.07, 6.45) is 4.47. The van der Waals surface area contributed by atoms with Gasteiger partial charge >= 0.3 is 0 Å². The Labute approximate surface area is 261 Å². The van der Waals surface area contributed by atoms with Gasteiger partial charge in [-0.1, -0.05) is 53.7 Å². The average Bonchev–Trinajstić information content (AvgIpc) is 2.97. The molecule has 0 unspecified atom stereocenters. The molecule has 0 radical (unpaired) electrons. The van der Waals surface area contributed by atoms with Crippen LogP contribution >= 0.6 is 0 Å². The second-order valence-electron chi connectivity index (χ2n) is 15.2. The molecule has 44 heavy (non-hydrogen) atoms. The predicted molar refractivity (Wildman–Crippen MR) is 178 cm³/mol. The zero-order valence-corrected chi connectivity index (χ0v) is 27.5. The number of benzene rings is 2. The molecule has 1 aliphatic heterocycles. The van der Waals surface area contributed by atoms with E-state index >= 15 is 0 Å². The number of hydrogen-bond donors (Lipinski definition) is 2. The van der Waals surface area contributed by atoms with Crippen LogP contribution in [-0.2, 0) is 13.0 Å². The van der Waals surface area contributed by atoms with E-state index in [-0.39, 0.29) is 16.8 Å². The zero-order valence-electron chi connectivity index (χ0n) is 27.5. The van der Waals surface area contributed by atoms with Gasteiger partial charge < -0.3 is 15.5 Å². The number of aromatic nitrogens is 2. The first-order valence-electron chi connectivity index (χ1n) is 16.4. The van der Waals surface area contributed by atoms with Crippen LogP contribution in [0.1, 0.15) is 65.5 Å².